The van der Waals surface area contributed by atoms with Crippen LogP contribution < -0.4 is 5.32 Å². The van der Waals surface area contributed by atoms with Crippen LogP contribution in [0.3, 0.4) is 0 Å². The van der Waals surface area contributed by atoms with E-state index in [0.717, 1.165) is 31.9 Å². The fourth-order valence-electron chi connectivity index (χ4n) is 3.95. The van der Waals surface area contributed by atoms with E-state index in [-0.39, 0.29) is 17.5 Å². The van der Waals surface area contributed by atoms with Gasteiger partial charge in [0.2, 0.25) is 0 Å². The summed E-state index contributed by atoms with van der Waals surface area (Å²) in [7, 11) is 1.76. The third-order valence-electron chi connectivity index (χ3n) is 5.45. The lowest BCUT2D eigenvalue weighted by Gasteiger charge is -2.22. The molecule has 2 aromatic carbocycles. The molecule has 0 bridgehead atoms. The summed E-state index contributed by atoms with van der Waals surface area (Å²) < 4.78 is 27.9. The van der Waals surface area contributed by atoms with Gasteiger partial charge in [0.05, 0.1) is 0 Å². The fraction of sp³-hybridized carbons (Fsp3) is 0.381. The smallest absolute Gasteiger partial charge is 0.193 e. The van der Waals surface area contributed by atoms with Gasteiger partial charge < -0.3 is 10.2 Å². The Morgan fingerprint density at radius 1 is 1.08 bits per heavy atom. The average molecular weight is 355 g/mol. The lowest BCUT2D eigenvalue weighted by atomic mass is 9.99. The van der Waals surface area contributed by atoms with E-state index in [1.807, 2.05) is 6.07 Å². The molecule has 0 spiro atoms. The number of rotatable bonds is 3. The maximum Gasteiger partial charge on any atom is 0.193 e. The molecule has 0 amide bonds. The van der Waals surface area contributed by atoms with Crippen molar-refractivity contribution in [2.45, 2.75) is 30.7 Å². The van der Waals surface area contributed by atoms with Crippen molar-refractivity contribution < 1.29 is 8.78 Å². The number of nitrogens with one attached hydrogen (secondary N) is 1. The second-order valence-corrected chi connectivity index (χ2v) is 7.12. The van der Waals surface area contributed by atoms with Gasteiger partial charge in [0, 0.05) is 43.6 Å². The Morgan fingerprint density at radius 2 is 1.81 bits per heavy atom. The predicted octanol–water partition coefficient (Wildman–Crippen LogP) is 3.89. The molecule has 0 radical (unpaired) electrons. The Morgan fingerprint density at radius 3 is 2.50 bits per heavy atom. The molecule has 3 nitrogen and oxygen atoms in total. The summed E-state index contributed by atoms with van der Waals surface area (Å²) in [5, 5.41) is 3.40. The Kier molecular flexibility index (Phi) is 4.62. The summed E-state index contributed by atoms with van der Waals surface area (Å²) in [5.41, 5.74) is 1.55. The van der Waals surface area contributed by atoms with E-state index in [4.69, 9.17) is 0 Å². The maximum absolute atomic E-state index is 14.0. The summed E-state index contributed by atoms with van der Waals surface area (Å²) >= 11 is 0. The minimum atomic E-state index is -0.459. The largest absolute Gasteiger partial charge is 0.353 e. The molecule has 1 saturated carbocycles. The molecule has 4 rings (SSSR count). The standard InChI is InChI=1S/C21H23F2N3/c1-24-21(26-11-10-15(13-26)14-6-3-2-4-7-14)25-19-12-16(19)20-17(22)8-5-9-18(20)23/h2-9,15-16,19H,10-13H2,1H3,(H,24,25). The normalized spacial score (nSPS) is 25.4. The van der Waals surface area contributed by atoms with Crippen LogP contribution in [0.1, 0.15) is 35.8 Å². The number of guanidine groups is 1. The van der Waals surface area contributed by atoms with E-state index in [1.54, 1.807) is 7.05 Å². The lowest BCUT2D eigenvalue weighted by molar-refractivity contribution is 0.483. The lowest BCUT2D eigenvalue weighted by Crippen LogP contribution is -2.41. The topological polar surface area (TPSA) is 27.6 Å². The van der Waals surface area contributed by atoms with Crippen molar-refractivity contribution in [3.8, 4) is 0 Å². The average Bonchev–Trinajstić information content (AvgIpc) is 3.22. The van der Waals surface area contributed by atoms with Crippen molar-refractivity contribution in [1.29, 1.82) is 0 Å². The summed E-state index contributed by atoms with van der Waals surface area (Å²) in [6.07, 6.45) is 1.81. The van der Waals surface area contributed by atoms with Crippen molar-refractivity contribution in [1.82, 2.24) is 10.2 Å². The number of nitrogens with zero attached hydrogens (tertiary/aromatic N) is 2. The summed E-state index contributed by atoms with van der Waals surface area (Å²) in [6.45, 7) is 1.85. The highest BCUT2D eigenvalue weighted by Crippen LogP contribution is 2.43. The van der Waals surface area contributed by atoms with Gasteiger partial charge in [-0.25, -0.2) is 8.78 Å². The van der Waals surface area contributed by atoms with Gasteiger partial charge in [-0.2, -0.15) is 0 Å². The van der Waals surface area contributed by atoms with Crippen LogP contribution in [-0.2, 0) is 0 Å². The second kappa shape index (κ2) is 7.06. The first-order valence-corrected chi connectivity index (χ1v) is 9.14. The zero-order valence-corrected chi connectivity index (χ0v) is 14.8. The molecule has 3 unspecified atom stereocenters. The van der Waals surface area contributed by atoms with Crippen LogP contribution in [-0.4, -0.2) is 37.0 Å². The van der Waals surface area contributed by atoms with Gasteiger partial charge in [-0.05, 0) is 30.5 Å². The van der Waals surface area contributed by atoms with Gasteiger partial charge in [-0.3, -0.25) is 4.99 Å². The van der Waals surface area contributed by atoms with Crippen LogP contribution in [0.25, 0.3) is 0 Å². The van der Waals surface area contributed by atoms with Crippen molar-refractivity contribution in [2.24, 2.45) is 4.99 Å². The quantitative estimate of drug-likeness (QED) is 0.668. The Bertz CT molecular complexity index is 786. The molecule has 1 aliphatic carbocycles. The highest BCUT2D eigenvalue weighted by atomic mass is 19.1. The molecule has 0 aromatic heterocycles. The molecule has 2 aromatic rings. The zero-order chi connectivity index (χ0) is 18.1. The van der Waals surface area contributed by atoms with Crippen LogP contribution >= 0.6 is 0 Å². The van der Waals surface area contributed by atoms with Gasteiger partial charge in [0.15, 0.2) is 5.96 Å². The van der Waals surface area contributed by atoms with Gasteiger partial charge in [0.1, 0.15) is 11.6 Å². The van der Waals surface area contributed by atoms with Crippen molar-refractivity contribution in [3.05, 3.63) is 71.3 Å². The van der Waals surface area contributed by atoms with Crippen molar-refractivity contribution in [3.63, 3.8) is 0 Å². The van der Waals surface area contributed by atoms with E-state index >= 15 is 0 Å². The van der Waals surface area contributed by atoms with E-state index in [1.165, 1.54) is 23.8 Å². The predicted molar refractivity (Wildman–Crippen MR) is 99.4 cm³/mol. The molecule has 1 aliphatic heterocycles. The Labute approximate surface area is 152 Å². The zero-order valence-electron chi connectivity index (χ0n) is 14.8. The Hall–Kier alpha value is -2.43. The third-order valence-corrected chi connectivity index (χ3v) is 5.45. The van der Waals surface area contributed by atoms with Crippen LogP contribution in [0.4, 0.5) is 8.78 Å². The van der Waals surface area contributed by atoms with Crippen molar-refractivity contribution in [2.75, 3.05) is 20.1 Å². The molecule has 2 fully saturated rings. The van der Waals surface area contributed by atoms with E-state index in [9.17, 15) is 8.78 Å². The second-order valence-electron chi connectivity index (χ2n) is 7.12. The summed E-state index contributed by atoms with van der Waals surface area (Å²) in [5.74, 6) is 0.279. The molecule has 26 heavy (non-hydrogen) atoms. The molecule has 3 atom stereocenters. The van der Waals surface area contributed by atoms with Gasteiger partial charge in [-0.15, -0.1) is 0 Å². The number of benzene rings is 2. The van der Waals surface area contributed by atoms with E-state index in [2.05, 4.69) is 39.5 Å². The third kappa shape index (κ3) is 3.30. The first-order valence-electron chi connectivity index (χ1n) is 9.14. The van der Waals surface area contributed by atoms with Gasteiger partial charge >= 0.3 is 0 Å². The highest BCUT2D eigenvalue weighted by Gasteiger charge is 2.43. The van der Waals surface area contributed by atoms with Crippen LogP contribution in [0.5, 0.6) is 0 Å². The number of halogens is 2. The van der Waals surface area contributed by atoms with Crippen LogP contribution in [0, 0.1) is 11.6 Å². The van der Waals surface area contributed by atoms with E-state index < -0.39 is 11.6 Å². The number of aliphatic imine (C=N–C) groups is 1. The molecule has 5 heteroatoms. The fourth-order valence-corrected chi connectivity index (χ4v) is 3.95. The first kappa shape index (κ1) is 17.0. The summed E-state index contributed by atoms with van der Waals surface area (Å²) in [4.78, 5) is 6.64. The molecule has 1 saturated heterocycles. The van der Waals surface area contributed by atoms with Gasteiger partial charge in [0.25, 0.3) is 0 Å². The highest BCUT2D eigenvalue weighted by molar-refractivity contribution is 5.81. The van der Waals surface area contributed by atoms with Gasteiger partial charge in [-0.1, -0.05) is 36.4 Å². The minimum absolute atomic E-state index is 0.0378. The molecule has 2 aliphatic rings. The van der Waals surface area contributed by atoms with E-state index in [0.29, 0.717) is 5.92 Å². The van der Waals surface area contributed by atoms with Crippen LogP contribution in [0.15, 0.2) is 53.5 Å². The number of likely N-dealkylation sites (tertiary alicyclic amines) is 1. The monoisotopic (exact) mass is 355 g/mol. The maximum atomic E-state index is 14.0. The molecular formula is C21H23F2N3. The SMILES string of the molecule is CN=C(NC1CC1c1c(F)cccc1F)N1CCC(c2ccccc2)C1. The Balaban J connectivity index is 1.39. The molecule has 1 N–H and O–H groups in total. The summed E-state index contributed by atoms with van der Waals surface area (Å²) in [6, 6.07) is 14.6. The molecular weight excluding hydrogens is 332 g/mol. The molecule has 136 valence electrons. The number of hydrogen-bond donors (Lipinski definition) is 1. The van der Waals surface area contributed by atoms with Crippen molar-refractivity contribution >= 4 is 5.96 Å². The first-order chi connectivity index (χ1) is 12.7. The number of hydrogen-bond acceptors (Lipinski definition) is 1. The van der Waals surface area contributed by atoms with Crippen LogP contribution in [0.2, 0.25) is 0 Å². The minimum Gasteiger partial charge on any atom is -0.353 e. The molecule has 1 heterocycles.